The van der Waals surface area contributed by atoms with Gasteiger partial charge in [0.1, 0.15) is 0 Å². The van der Waals surface area contributed by atoms with Crippen molar-refractivity contribution in [1.29, 1.82) is 0 Å². The van der Waals surface area contributed by atoms with Crippen LogP contribution in [0.1, 0.15) is 6.92 Å². The minimum atomic E-state index is -4.82. The third-order valence-electron chi connectivity index (χ3n) is 0.716. The third kappa shape index (κ3) is 2.89. The maximum Gasteiger partial charge on any atom is 0.421 e. The minimum Gasteiger partial charge on any atom is -0.236 e. The zero-order chi connectivity index (χ0) is 7.65. The summed E-state index contributed by atoms with van der Waals surface area (Å²) >= 11 is 4.82. The quantitative estimate of drug-likeness (QED) is 0.413. The highest BCUT2D eigenvalue weighted by molar-refractivity contribution is 6.20. The van der Waals surface area contributed by atoms with Crippen molar-refractivity contribution in [3.8, 4) is 0 Å². The lowest BCUT2D eigenvalue weighted by Gasteiger charge is -2.12. The van der Waals surface area contributed by atoms with Crippen molar-refractivity contribution in [1.82, 2.24) is 0 Å². The summed E-state index contributed by atoms with van der Waals surface area (Å²) in [5.74, 6) is 0. The van der Waals surface area contributed by atoms with E-state index in [1.54, 1.807) is 0 Å². The lowest BCUT2D eigenvalue weighted by Crippen LogP contribution is -2.31. The Hall–Kier alpha value is 0.01000. The first-order valence-corrected chi connectivity index (χ1v) is 2.64. The van der Waals surface area contributed by atoms with Gasteiger partial charge in [0.2, 0.25) is 6.17 Å². The summed E-state index contributed by atoms with van der Waals surface area (Å²) in [7, 11) is 0. The molecule has 9 heavy (non-hydrogen) atoms. The molecule has 0 aromatic heterocycles. The topological polar surface area (TPSA) is 0 Å². The molecule has 0 N–H and O–H groups in total. The summed E-state index contributed by atoms with van der Waals surface area (Å²) in [6, 6.07) is 0. The number of rotatable bonds is 1. The van der Waals surface area contributed by atoms with E-state index in [1.165, 1.54) is 0 Å². The molecule has 0 aliphatic rings. The van der Waals surface area contributed by atoms with E-state index in [2.05, 4.69) is 0 Å². The summed E-state index contributed by atoms with van der Waals surface area (Å²) < 4.78 is 45.5. The van der Waals surface area contributed by atoms with Crippen LogP contribution < -0.4 is 0 Å². The molecule has 0 aromatic carbocycles. The smallest absolute Gasteiger partial charge is 0.236 e. The molecule has 0 amide bonds. The van der Waals surface area contributed by atoms with Gasteiger partial charge in [0.15, 0.2) is 0 Å². The van der Waals surface area contributed by atoms with Gasteiger partial charge in [0.05, 0.1) is 5.38 Å². The van der Waals surface area contributed by atoms with Gasteiger partial charge in [0, 0.05) is 0 Å². The maximum atomic E-state index is 11.8. The minimum absolute atomic E-state index is 0.958. The van der Waals surface area contributed by atoms with Crippen LogP contribution in [-0.4, -0.2) is 17.7 Å². The summed E-state index contributed by atoms with van der Waals surface area (Å²) in [5.41, 5.74) is 0. The molecule has 0 fully saturated rings. The molecule has 2 unspecified atom stereocenters. The Bertz CT molecular complexity index is 87.1. The van der Waals surface area contributed by atoms with Crippen LogP contribution >= 0.6 is 11.6 Å². The van der Waals surface area contributed by atoms with Crippen molar-refractivity contribution < 1.29 is 17.6 Å². The van der Waals surface area contributed by atoms with E-state index in [9.17, 15) is 17.6 Å². The summed E-state index contributed by atoms with van der Waals surface area (Å²) in [6.07, 6.45) is -7.74. The van der Waals surface area contributed by atoms with Crippen LogP contribution in [0.4, 0.5) is 17.6 Å². The number of hydrogen-bond donors (Lipinski definition) is 0. The van der Waals surface area contributed by atoms with E-state index in [0.29, 0.717) is 0 Å². The second kappa shape index (κ2) is 2.73. The zero-order valence-corrected chi connectivity index (χ0v) is 5.30. The highest BCUT2D eigenvalue weighted by Crippen LogP contribution is 2.27. The van der Waals surface area contributed by atoms with Gasteiger partial charge >= 0.3 is 6.18 Å². The van der Waals surface area contributed by atoms with Crippen molar-refractivity contribution in [3.63, 3.8) is 0 Å². The number of alkyl halides is 5. The van der Waals surface area contributed by atoms with Crippen LogP contribution in [0.5, 0.6) is 0 Å². The fraction of sp³-hybridized carbons (Fsp3) is 1.00. The highest BCUT2D eigenvalue weighted by Gasteiger charge is 2.42. The van der Waals surface area contributed by atoms with E-state index >= 15 is 0 Å². The van der Waals surface area contributed by atoms with Gasteiger partial charge in [-0.1, -0.05) is 0 Å². The van der Waals surface area contributed by atoms with Crippen molar-refractivity contribution >= 4 is 11.6 Å². The normalized spacial score (nSPS) is 19.3. The van der Waals surface area contributed by atoms with Gasteiger partial charge in [0.25, 0.3) is 0 Å². The zero-order valence-electron chi connectivity index (χ0n) is 4.54. The third-order valence-corrected chi connectivity index (χ3v) is 0.937. The van der Waals surface area contributed by atoms with Gasteiger partial charge in [-0.15, -0.1) is 11.6 Å². The van der Waals surface area contributed by atoms with E-state index in [0.717, 1.165) is 6.92 Å². The molecule has 0 saturated heterocycles. The first-order valence-electron chi connectivity index (χ1n) is 2.20. The lowest BCUT2D eigenvalue weighted by atomic mass is 10.3. The molecule has 0 aliphatic heterocycles. The Labute approximate surface area is 54.8 Å². The molecular weight excluding hydrogens is 159 g/mol. The average molecular weight is 165 g/mol. The Morgan fingerprint density at radius 1 is 1.33 bits per heavy atom. The molecule has 2 atom stereocenters. The van der Waals surface area contributed by atoms with Crippen LogP contribution in [0.15, 0.2) is 0 Å². The van der Waals surface area contributed by atoms with Crippen molar-refractivity contribution in [3.05, 3.63) is 0 Å². The Morgan fingerprint density at radius 2 is 1.67 bits per heavy atom. The Balaban J connectivity index is 3.88. The molecule has 0 aliphatic carbocycles. The molecule has 0 bridgehead atoms. The number of halogens is 5. The highest BCUT2D eigenvalue weighted by atomic mass is 35.5. The molecule has 0 nitrogen and oxygen atoms in total. The van der Waals surface area contributed by atoms with Gasteiger partial charge < -0.3 is 0 Å². The predicted octanol–water partition coefficient (Wildman–Crippen LogP) is 2.51. The second-order valence-corrected chi connectivity index (χ2v) is 2.31. The lowest BCUT2D eigenvalue weighted by molar-refractivity contribution is -0.179. The molecular formula is C4H5ClF4. The van der Waals surface area contributed by atoms with Crippen LogP contribution in [0.2, 0.25) is 0 Å². The Kier molecular flexibility index (Phi) is 2.73. The molecule has 5 heteroatoms. The van der Waals surface area contributed by atoms with E-state index < -0.39 is 17.7 Å². The summed E-state index contributed by atoms with van der Waals surface area (Å²) in [5, 5.41) is -1.51. The molecule has 0 spiro atoms. The molecule has 56 valence electrons. The largest absolute Gasteiger partial charge is 0.421 e. The van der Waals surface area contributed by atoms with Crippen LogP contribution in [0.25, 0.3) is 0 Å². The van der Waals surface area contributed by atoms with Gasteiger partial charge in [-0.25, -0.2) is 4.39 Å². The molecule has 0 heterocycles. The molecule has 0 rings (SSSR count). The van der Waals surface area contributed by atoms with Crippen LogP contribution in [0, 0.1) is 0 Å². The fourth-order valence-electron chi connectivity index (χ4n) is 0.260. The van der Waals surface area contributed by atoms with E-state index in [1.807, 2.05) is 0 Å². The molecule has 0 radical (unpaired) electrons. The fourth-order valence-corrected chi connectivity index (χ4v) is 0.403. The van der Waals surface area contributed by atoms with Crippen molar-refractivity contribution in [2.45, 2.75) is 24.6 Å². The SMILES string of the molecule is CC(Cl)C(F)C(F)(F)F. The predicted molar refractivity (Wildman–Crippen MR) is 26.3 cm³/mol. The first-order chi connectivity index (χ1) is 3.85. The van der Waals surface area contributed by atoms with Crippen LogP contribution in [0.3, 0.4) is 0 Å². The average Bonchev–Trinajstić information content (AvgIpc) is 1.62. The standard InChI is InChI=1S/C4H5ClF4/c1-2(5)3(6)4(7,8)9/h2-3H,1H3. The Morgan fingerprint density at radius 3 is 1.67 bits per heavy atom. The maximum absolute atomic E-state index is 11.8. The van der Waals surface area contributed by atoms with Crippen LogP contribution in [-0.2, 0) is 0 Å². The van der Waals surface area contributed by atoms with Crippen molar-refractivity contribution in [2.24, 2.45) is 0 Å². The van der Waals surface area contributed by atoms with E-state index in [4.69, 9.17) is 11.6 Å². The van der Waals surface area contributed by atoms with E-state index in [-0.39, 0.29) is 0 Å². The van der Waals surface area contributed by atoms with Gasteiger partial charge in [-0.3, -0.25) is 0 Å². The van der Waals surface area contributed by atoms with Gasteiger partial charge in [-0.05, 0) is 6.92 Å². The second-order valence-electron chi connectivity index (χ2n) is 1.62. The first kappa shape index (κ1) is 9.01. The van der Waals surface area contributed by atoms with Crippen molar-refractivity contribution in [2.75, 3.05) is 0 Å². The van der Waals surface area contributed by atoms with Gasteiger partial charge in [-0.2, -0.15) is 13.2 Å². The molecule has 0 aromatic rings. The molecule has 0 saturated carbocycles. The summed E-state index contributed by atoms with van der Waals surface area (Å²) in [4.78, 5) is 0. The summed E-state index contributed by atoms with van der Waals surface area (Å²) in [6.45, 7) is 0.958. The monoisotopic (exact) mass is 164 g/mol. The number of hydrogen-bond acceptors (Lipinski definition) is 0.